The summed E-state index contributed by atoms with van der Waals surface area (Å²) >= 11 is 17.5. The van der Waals surface area contributed by atoms with Gasteiger partial charge >= 0.3 is 23.9 Å². The van der Waals surface area contributed by atoms with Gasteiger partial charge in [-0.3, -0.25) is 24.6 Å². The molecule has 0 amide bonds. The minimum atomic E-state index is -2.34. The number of carbonyl (C=O) groups is 4. The molecular weight excluding hydrogens is 617 g/mol. The van der Waals surface area contributed by atoms with Gasteiger partial charge in [-0.25, -0.2) is 0 Å². The number of ether oxygens (including phenoxy) is 6. The van der Waals surface area contributed by atoms with Crippen molar-refractivity contribution in [1.82, 2.24) is 0 Å². The first-order valence-corrected chi connectivity index (χ1v) is 14.5. The van der Waals surface area contributed by atoms with Crippen molar-refractivity contribution in [2.45, 2.75) is 118 Å². The highest BCUT2D eigenvalue weighted by atomic mass is 35.6. The minimum Gasteiger partial charge on any atom is -0.462 e. The Balaban J connectivity index is 3.82. The average molecular weight is 661 g/mol. The quantitative estimate of drug-likeness (QED) is 0.127. The Bertz CT molecular complexity index is 1030. The first kappa shape index (κ1) is 38.2. The Morgan fingerprint density at radius 3 is 1.31 bits per heavy atom. The normalized spacial score (nSPS) is 23.8. The Morgan fingerprint density at radius 1 is 0.595 bits per heavy atom. The Hall–Kier alpha value is -1.82. The van der Waals surface area contributed by atoms with Gasteiger partial charge in [-0.1, -0.05) is 34.8 Å². The molecule has 1 N–H and O–H groups in total. The molecule has 0 saturated carbocycles. The van der Waals surface area contributed by atoms with Crippen LogP contribution in [0.15, 0.2) is 0 Å². The van der Waals surface area contributed by atoms with Crippen LogP contribution in [0.3, 0.4) is 0 Å². The summed E-state index contributed by atoms with van der Waals surface area (Å²) in [6.45, 7) is 18.8. The number of hydrogen-bond donors (Lipinski definition) is 1. The molecule has 1 rings (SSSR count). The van der Waals surface area contributed by atoms with E-state index in [4.69, 9.17) is 68.6 Å². The number of nitrogens with one attached hydrogen (secondary N) is 1. The minimum absolute atomic E-state index is 0.497. The molecule has 1 aliphatic heterocycles. The summed E-state index contributed by atoms with van der Waals surface area (Å²) in [6, 6.07) is 0. The third-order valence-corrected chi connectivity index (χ3v) is 6.16. The number of alkyl halides is 3. The predicted octanol–water partition coefficient (Wildman–Crippen LogP) is 5.54. The van der Waals surface area contributed by atoms with Crippen LogP contribution in [0.4, 0.5) is 0 Å². The summed E-state index contributed by atoms with van der Waals surface area (Å²) in [4.78, 5) is 52.1. The largest absolute Gasteiger partial charge is 0.462 e. The van der Waals surface area contributed by atoms with Crippen molar-refractivity contribution in [2.24, 2.45) is 21.7 Å². The van der Waals surface area contributed by atoms with E-state index in [2.05, 4.69) is 0 Å². The standard InChI is InChI=1S/C28H44Cl3NO10/c1-24(2,3)20(33)37-13-14-15(39-21(34)25(4,5)6)16(40-22(35)26(7,8)9)17(41-23(36)27(10,11)12)18(38-14)42-19(32)28(29,30)31/h14-18,32H,13H2,1-12H3/t14-,15-,16+,17-,18-/m1/s1. The maximum atomic E-state index is 13.2. The lowest BCUT2D eigenvalue weighted by Gasteiger charge is -2.45. The van der Waals surface area contributed by atoms with Gasteiger partial charge in [0, 0.05) is 0 Å². The van der Waals surface area contributed by atoms with E-state index in [0.717, 1.165) is 0 Å². The number of rotatable bonds is 6. The molecule has 42 heavy (non-hydrogen) atoms. The van der Waals surface area contributed by atoms with E-state index >= 15 is 0 Å². The first-order valence-electron chi connectivity index (χ1n) is 13.3. The smallest absolute Gasteiger partial charge is 0.311 e. The summed E-state index contributed by atoms with van der Waals surface area (Å²) in [7, 11) is 0. The molecular formula is C28H44Cl3NO10. The van der Waals surface area contributed by atoms with Gasteiger partial charge in [-0.05, 0) is 83.1 Å². The van der Waals surface area contributed by atoms with E-state index in [9.17, 15) is 19.2 Å². The first-order chi connectivity index (χ1) is 18.6. The lowest BCUT2D eigenvalue weighted by molar-refractivity contribution is -0.297. The van der Waals surface area contributed by atoms with Gasteiger partial charge in [0.15, 0.2) is 12.2 Å². The van der Waals surface area contributed by atoms with Gasteiger partial charge in [0.25, 0.3) is 3.79 Å². The fourth-order valence-electron chi connectivity index (χ4n) is 2.97. The monoisotopic (exact) mass is 659 g/mol. The van der Waals surface area contributed by atoms with E-state index in [0.29, 0.717) is 0 Å². The summed E-state index contributed by atoms with van der Waals surface area (Å²) in [5.74, 6) is -3.73. The molecule has 1 aliphatic rings. The van der Waals surface area contributed by atoms with Crippen molar-refractivity contribution in [3.05, 3.63) is 0 Å². The molecule has 0 aromatic rings. The van der Waals surface area contributed by atoms with Crippen molar-refractivity contribution in [3.63, 3.8) is 0 Å². The highest BCUT2D eigenvalue weighted by Gasteiger charge is 2.56. The summed E-state index contributed by atoms with van der Waals surface area (Å²) in [5.41, 5.74) is -4.02. The molecule has 0 bridgehead atoms. The van der Waals surface area contributed by atoms with E-state index in [1.54, 1.807) is 83.1 Å². The summed E-state index contributed by atoms with van der Waals surface area (Å²) in [5, 5.41) is 8.12. The number of halogens is 3. The Morgan fingerprint density at radius 2 is 0.952 bits per heavy atom. The van der Waals surface area contributed by atoms with Crippen LogP contribution in [0, 0.1) is 27.1 Å². The van der Waals surface area contributed by atoms with Gasteiger partial charge in [0.05, 0.1) is 21.7 Å². The topological polar surface area (TPSA) is 148 Å². The number of esters is 4. The molecule has 1 fully saturated rings. The summed E-state index contributed by atoms with van der Waals surface area (Å²) < 4.78 is 32.1. The molecule has 0 spiro atoms. The van der Waals surface area contributed by atoms with Gasteiger partial charge in [0.2, 0.25) is 18.3 Å². The summed E-state index contributed by atoms with van der Waals surface area (Å²) in [6.07, 6.45) is -7.70. The lowest BCUT2D eigenvalue weighted by Crippen LogP contribution is -2.64. The van der Waals surface area contributed by atoms with Gasteiger partial charge in [-0.2, -0.15) is 0 Å². The SMILES string of the molecule is CC(C)(C)C(=O)OC[C@H]1O[C@H](OC(=N)C(Cl)(Cl)Cl)[C@H](OC(=O)C(C)(C)C)[C@@H](OC(=O)C(C)(C)C)[C@@H]1OC(=O)C(C)(C)C. The van der Waals surface area contributed by atoms with Crippen LogP contribution in [-0.2, 0) is 47.6 Å². The molecule has 5 atom stereocenters. The second-order valence-corrected chi connectivity index (χ2v) is 16.5. The van der Waals surface area contributed by atoms with Crippen molar-refractivity contribution in [2.75, 3.05) is 6.61 Å². The third kappa shape index (κ3) is 11.0. The van der Waals surface area contributed by atoms with Crippen LogP contribution in [-0.4, -0.2) is 70.9 Å². The van der Waals surface area contributed by atoms with Gasteiger partial charge in [0.1, 0.15) is 12.7 Å². The van der Waals surface area contributed by atoms with Crippen molar-refractivity contribution < 1.29 is 47.6 Å². The van der Waals surface area contributed by atoms with Crippen LogP contribution >= 0.6 is 34.8 Å². The fraction of sp³-hybridized carbons (Fsp3) is 0.821. The molecule has 11 nitrogen and oxygen atoms in total. The maximum Gasteiger partial charge on any atom is 0.311 e. The zero-order valence-electron chi connectivity index (χ0n) is 26.3. The maximum absolute atomic E-state index is 13.2. The van der Waals surface area contributed by atoms with E-state index in [1.807, 2.05) is 0 Å². The molecule has 0 unspecified atom stereocenters. The molecule has 1 saturated heterocycles. The van der Waals surface area contributed by atoms with E-state index in [-0.39, 0.29) is 0 Å². The van der Waals surface area contributed by atoms with Gasteiger partial charge in [-0.15, -0.1) is 0 Å². The molecule has 0 radical (unpaired) electrons. The molecule has 0 aliphatic carbocycles. The highest BCUT2D eigenvalue weighted by Crippen LogP contribution is 2.36. The van der Waals surface area contributed by atoms with Crippen molar-refractivity contribution in [3.8, 4) is 0 Å². The Kier molecular flexibility index (Phi) is 12.2. The van der Waals surface area contributed by atoms with Crippen LogP contribution in [0.2, 0.25) is 0 Å². The van der Waals surface area contributed by atoms with E-state index < -0.39 is 92.5 Å². The average Bonchev–Trinajstić information content (AvgIpc) is 2.77. The number of carbonyl (C=O) groups excluding carboxylic acids is 4. The van der Waals surface area contributed by atoms with Gasteiger partial charge < -0.3 is 28.4 Å². The van der Waals surface area contributed by atoms with E-state index in [1.165, 1.54) is 0 Å². The van der Waals surface area contributed by atoms with Crippen LogP contribution in [0.5, 0.6) is 0 Å². The predicted molar refractivity (Wildman–Crippen MR) is 156 cm³/mol. The van der Waals surface area contributed by atoms with Crippen LogP contribution in [0.1, 0.15) is 83.1 Å². The molecule has 1 heterocycles. The zero-order chi connectivity index (χ0) is 33.2. The molecule has 242 valence electrons. The van der Waals surface area contributed by atoms with Crippen LogP contribution in [0.25, 0.3) is 0 Å². The molecule has 14 heteroatoms. The number of hydrogen-bond acceptors (Lipinski definition) is 11. The third-order valence-electron chi connectivity index (χ3n) is 5.64. The molecule has 0 aromatic carbocycles. The molecule has 0 aromatic heterocycles. The Labute approximate surface area is 263 Å². The second-order valence-electron chi connectivity index (χ2n) is 14.2. The van der Waals surface area contributed by atoms with Crippen LogP contribution < -0.4 is 0 Å². The highest BCUT2D eigenvalue weighted by molar-refractivity contribution is 6.76. The zero-order valence-corrected chi connectivity index (χ0v) is 28.6. The second kappa shape index (κ2) is 13.4. The fourth-order valence-corrected chi connectivity index (χ4v) is 3.10. The van der Waals surface area contributed by atoms with Crippen molar-refractivity contribution >= 4 is 64.6 Å². The van der Waals surface area contributed by atoms with Crippen molar-refractivity contribution in [1.29, 1.82) is 5.41 Å². The lowest BCUT2D eigenvalue weighted by atomic mass is 9.93.